The fourth-order valence-corrected chi connectivity index (χ4v) is 2.05. The van der Waals surface area contributed by atoms with Gasteiger partial charge in [-0.25, -0.2) is 0 Å². The van der Waals surface area contributed by atoms with Gasteiger partial charge in [0.2, 0.25) is 0 Å². The van der Waals surface area contributed by atoms with E-state index in [1.54, 1.807) is 6.07 Å². The van der Waals surface area contributed by atoms with Gasteiger partial charge in [-0.3, -0.25) is 0 Å². The first-order valence-corrected chi connectivity index (χ1v) is 6.04. The summed E-state index contributed by atoms with van der Waals surface area (Å²) in [5.74, 6) is 0. The minimum atomic E-state index is 0.298. The van der Waals surface area contributed by atoms with Crippen molar-refractivity contribution in [2.45, 2.75) is 25.4 Å². The number of hydrogen-bond acceptors (Lipinski definition) is 3. The predicted octanol–water partition coefficient (Wildman–Crippen LogP) is 2.90. The van der Waals surface area contributed by atoms with Gasteiger partial charge in [0.05, 0.1) is 17.5 Å². The Kier molecular flexibility index (Phi) is 3.91. The van der Waals surface area contributed by atoms with Crippen LogP contribution in [0.15, 0.2) is 18.2 Å². The number of anilines is 2. The van der Waals surface area contributed by atoms with E-state index >= 15 is 0 Å². The van der Waals surface area contributed by atoms with Gasteiger partial charge >= 0.3 is 0 Å². The summed E-state index contributed by atoms with van der Waals surface area (Å²) < 4.78 is 5.63. The summed E-state index contributed by atoms with van der Waals surface area (Å²) in [5.41, 5.74) is 7.46. The molecule has 1 saturated heterocycles. The van der Waals surface area contributed by atoms with Crippen molar-refractivity contribution in [3.8, 4) is 0 Å². The molecular formula is C12H17ClN2O. The molecule has 2 rings (SSSR count). The van der Waals surface area contributed by atoms with Crippen molar-refractivity contribution in [2.24, 2.45) is 0 Å². The van der Waals surface area contributed by atoms with Crippen molar-refractivity contribution in [2.75, 3.05) is 24.2 Å². The van der Waals surface area contributed by atoms with Crippen LogP contribution in [0.1, 0.15) is 19.3 Å². The van der Waals surface area contributed by atoms with E-state index in [4.69, 9.17) is 22.1 Å². The first-order chi connectivity index (χ1) is 7.75. The number of halogens is 1. The van der Waals surface area contributed by atoms with Gasteiger partial charge in [0.1, 0.15) is 0 Å². The zero-order chi connectivity index (χ0) is 11.4. The minimum absolute atomic E-state index is 0.298. The maximum absolute atomic E-state index is 5.91. The van der Waals surface area contributed by atoms with Crippen molar-refractivity contribution in [3.05, 3.63) is 23.2 Å². The summed E-state index contributed by atoms with van der Waals surface area (Å²) >= 11 is 5.91. The lowest BCUT2D eigenvalue weighted by Gasteiger charge is -2.23. The molecule has 1 heterocycles. The summed E-state index contributed by atoms with van der Waals surface area (Å²) in [6, 6.07) is 5.45. The Morgan fingerprint density at radius 2 is 2.31 bits per heavy atom. The molecule has 0 saturated carbocycles. The van der Waals surface area contributed by atoms with Gasteiger partial charge in [-0.05, 0) is 37.5 Å². The molecule has 4 heteroatoms. The van der Waals surface area contributed by atoms with E-state index in [9.17, 15) is 0 Å². The number of hydrogen-bond donors (Lipinski definition) is 2. The molecule has 3 N–H and O–H groups in total. The fraction of sp³-hybridized carbons (Fsp3) is 0.500. The molecular weight excluding hydrogens is 224 g/mol. The van der Waals surface area contributed by atoms with Crippen molar-refractivity contribution in [1.29, 1.82) is 0 Å². The Balaban J connectivity index is 1.90. The summed E-state index contributed by atoms with van der Waals surface area (Å²) in [6.45, 7) is 1.67. The second-order valence-corrected chi connectivity index (χ2v) is 4.54. The lowest BCUT2D eigenvalue weighted by Crippen LogP contribution is -2.27. The largest absolute Gasteiger partial charge is 0.397 e. The van der Waals surface area contributed by atoms with Crippen LogP contribution in [0, 0.1) is 0 Å². The van der Waals surface area contributed by atoms with Crippen LogP contribution < -0.4 is 11.1 Å². The molecule has 1 aliphatic heterocycles. The summed E-state index contributed by atoms with van der Waals surface area (Å²) in [7, 11) is 0. The van der Waals surface area contributed by atoms with Crippen LogP contribution in [0.5, 0.6) is 0 Å². The van der Waals surface area contributed by atoms with Crippen molar-refractivity contribution in [3.63, 3.8) is 0 Å². The van der Waals surface area contributed by atoms with E-state index in [-0.39, 0.29) is 0 Å². The van der Waals surface area contributed by atoms with Gasteiger partial charge in [-0.1, -0.05) is 11.6 Å². The highest BCUT2D eigenvalue weighted by Gasteiger charge is 2.13. The summed E-state index contributed by atoms with van der Waals surface area (Å²) in [6.07, 6.45) is 3.84. The van der Waals surface area contributed by atoms with E-state index in [0.29, 0.717) is 11.1 Å². The highest BCUT2D eigenvalue weighted by molar-refractivity contribution is 6.31. The van der Waals surface area contributed by atoms with Crippen LogP contribution in [0.3, 0.4) is 0 Å². The molecule has 1 aromatic carbocycles. The zero-order valence-electron chi connectivity index (χ0n) is 9.21. The first-order valence-electron chi connectivity index (χ1n) is 5.66. The third kappa shape index (κ3) is 3.03. The third-order valence-corrected chi connectivity index (χ3v) is 3.04. The molecule has 0 aromatic heterocycles. The average Bonchev–Trinajstić information content (AvgIpc) is 2.32. The monoisotopic (exact) mass is 240 g/mol. The van der Waals surface area contributed by atoms with Crippen molar-refractivity contribution < 1.29 is 4.74 Å². The Labute approximate surface area is 101 Å². The Morgan fingerprint density at radius 1 is 1.44 bits per heavy atom. The van der Waals surface area contributed by atoms with E-state index in [1.165, 1.54) is 12.8 Å². The molecule has 1 unspecified atom stereocenters. The first kappa shape index (κ1) is 11.6. The molecule has 1 fully saturated rings. The Morgan fingerprint density at radius 3 is 3.06 bits per heavy atom. The molecule has 0 aliphatic carbocycles. The van der Waals surface area contributed by atoms with E-state index in [2.05, 4.69) is 5.32 Å². The van der Waals surface area contributed by atoms with E-state index in [1.807, 2.05) is 12.1 Å². The average molecular weight is 241 g/mol. The Hall–Kier alpha value is -0.930. The number of nitrogen functional groups attached to an aromatic ring is 1. The Bertz CT molecular complexity index is 351. The number of nitrogens with one attached hydrogen (secondary N) is 1. The smallest absolute Gasteiger partial charge is 0.0747 e. The van der Waals surface area contributed by atoms with Crippen LogP contribution >= 0.6 is 11.6 Å². The highest BCUT2D eigenvalue weighted by atomic mass is 35.5. The van der Waals surface area contributed by atoms with Gasteiger partial charge in [0, 0.05) is 18.2 Å². The molecule has 16 heavy (non-hydrogen) atoms. The SMILES string of the molecule is Nc1ccc(Cl)cc1NCC1CCCCO1. The van der Waals surface area contributed by atoms with Gasteiger partial charge in [-0.2, -0.15) is 0 Å². The molecule has 1 aliphatic rings. The predicted molar refractivity (Wildman–Crippen MR) is 67.9 cm³/mol. The van der Waals surface area contributed by atoms with Gasteiger partial charge in [0.25, 0.3) is 0 Å². The maximum atomic E-state index is 5.91. The molecule has 0 spiro atoms. The van der Waals surface area contributed by atoms with Gasteiger partial charge in [-0.15, -0.1) is 0 Å². The second kappa shape index (κ2) is 5.41. The summed E-state index contributed by atoms with van der Waals surface area (Å²) in [5, 5.41) is 3.98. The van der Waals surface area contributed by atoms with E-state index in [0.717, 1.165) is 30.9 Å². The molecule has 0 amide bonds. The van der Waals surface area contributed by atoms with Crippen molar-refractivity contribution in [1.82, 2.24) is 0 Å². The number of rotatable bonds is 3. The van der Waals surface area contributed by atoms with Crippen LogP contribution in [0.2, 0.25) is 5.02 Å². The zero-order valence-corrected chi connectivity index (χ0v) is 9.96. The van der Waals surface area contributed by atoms with Crippen molar-refractivity contribution >= 4 is 23.0 Å². The standard InChI is InChI=1S/C12H17ClN2O/c13-9-4-5-11(14)12(7-9)15-8-10-3-1-2-6-16-10/h4-5,7,10,15H,1-3,6,8,14H2. The summed E-state index contributed by atoms with van der Waals surface area (Å²) in [4.78, 5) is 0. The topological polar surface area (TPSA) is 47.3 Å². The molecule has 3 nitrogen and oxygen atoms in total. The van der Waals surface area contributed by atoms with Gasteiger partial charge in [0.15, 0.2) is 0 Å². The van der Waals surface area contributed by atoms with Gasteiger partial charge < -0.3 is 15.8 Å². The molecule has 88 valence electrons. The quantitative estimate of drug-likeness (QED) is 0.799. The normalized spacial score (nSPS) is 20.7. The molecule has 1 atom stereocenters. The van der Waals surface area contributed by atoms with Crippen LogP contribution in [-0.4, -0.2) is 19.3 Å². The van der Waals surface area contributed by atoms with Crippen LogP contribution in [-0.2, 0) is 4.74 Å². The minimum Gasteiger partial charge on any atom is -0.397 e. The molecule has 0 radical (unpaired) electrons. The lowest BCUT2D eigenvalue weighted by atomic mass is 10.1. The molecule has 1 aromatic rings. The number of benzene rings is 1. The number of nitrogens with two attached hydrogens (primary N) is 1. The fourth-order valence-electron chi connectivity index (χ4n) is 1.87. The molecule has 0 bridgehead atoms. The second-order valence-electron chi connectivity index (χ2n) is 4.10. The lowest BCUT2D eigenvalue weighted by molar-refractivity contribution is 0.0248. The van der Waals surface area contributed by atoms with Crippen LogP contribution in [0.4, 0.5) is 11.4 Å². The number of ether oxygens (including phenoxy) is 1. The van der Waals surface area contributed by atoms with E-state index < -0.39 is 0 Å². The maximum Gasteiger partial charge on any atom is 0.0747 e. The highest BCUT2D eigenvalue weighted by Crippen LogP contribution is 2.23. The third-order valence-electron chi connectivity index (χ3n) is 2.81. The van der Waals surface area contributed by atoms with Crippen LogP contribution in [0.25, 0.3) is 0 Å².